The Morgan fingerprint density at radius 2 is 2.00 bits per heavy atom. The molecule has 1 atom stereocenters. The average molecular weight is 271 g/mol. The number of anilines is 1. The summed E-state index contributed by atoms with van der Waals surface area (Å²) in [5.74, 6) is 0.302. The van der Waals surface area contributed by atoms with Gasteiger partial charge in [0, 0.05) is 12.3 Å². The van der Waals surface area contributed by atoms with E-state index in [9.17, 15) is 10.1 Å². The molecule has 1 aromatic carbocycles. The van der Waals surface area contributed by atoms with E-state index < -0.39 is 4.92 Å². The standard InChI is InChI=1S/C15H17N3O2/c1-10-8-14(18(19)20)15(16-9-10)17-12(3)13-7-5-4-6-11(13)2/h4-9,12H,1-3H3,(H,16,17). The van der Waals surface area contributed by atoms with Gasteiger partial charge >= 0.3 is 5.69 Å². The molecule has 0 saturated carbocycles. The predicted molar refractivity (Wildman–Crippen MR) is 78.8 cm³/mol. The second-order valence-electron chi connectivity index (χ2n) is 4.86. The summed E-state index contributed by atoms with van der Waals surface area (Å²) in [5, 5.41) is 14.2. The highest BCUT2D eigenvalue weighted by atomic mass is 16.6. The van der Waals surface area contributed by atoms with Crippen molar-refractivity contribution in [1.29, 1.82) is 0 Å². The van der Waals surface area contributed by atoms with E-state index in [1.165, 1.54) is 6.07 Å². The smallest absolute Gasteiger partial charge is 0.311 e. The van der Waals surface area contributed by atoms with E-state index in [1.807, 2.05) is 38.1 Å². The molecule has 0 saturated heterocycles. The molecule has 2 rings (SSSR count). The van der Waals surface area contributed by atoms with E-state index in [0.717, 1.165) is 16.7 Å². The summed E-state index contributed by atoms with van der Waals surface area (Å²) in [6, 6.07) is 9.43. The number of hydrogen-bond acceptors (Lipinski definition) is 4. The Kier molecular flexibility index (Phi) is 3.98. The third-order valence-corrected chi connectivity index (χ3v) is 3.21. The van der Waals surface area contributed by atoms with Crippen molar-refractivity contribution in [2.75, 3.05) is 5.32 Å². The van der Waals surface area contributed by atoms with E-state index in [-0.39, 0.29) is 11.7 Å². The summed E-state index contributed by atoms with van der Waals surface area (Å²) < 4.78 is 0. The topological polar surface area (TPSA) is 68.1 Å². The maximum atomic E-state index is 11.1. The molecule has 0 aliphatic carbocycles. The van der Waals surface area contributed by atoms with Crippen molar-refractivity contribution in [1.82, 2.24) is 4.98 Å². The van der Waals surface area contributed by atoms with Crippen LogP contribution >= 0.6 is 0 Å². The van der Waals surface area contributed by atoms with Gasteiger partial charge in [-0.25, -0.2) is 4.98 Å². The molecule has 1 aromatic heterocycles. The van der Waals surface area contributed by atoms with E-state index in [4.69, 9.17) is 0 Å². The molecule has 0 aliphatic rings. The molecule has 1 heterocycles. The lowest BCUT2D eigenvalue weighted by molar-refractivity contribution is -0.384. The fraction of sp³-hybridized carbons (Fsp3) is 0.267. The minimum atomic E-state index is -0.410. The second-order valence-corrected chi connectivity index (χ2v) is 4.86. The minimum absolute atomic E-state index is 0.00503. The molecule has 0 spiro atoms. The van der Waals surface area contributed by atoms with Crippen LogP contribution in [0, 0.1) is 24.0 Å². The van der Waals surface area contributed by atoms with Crippen LogP contribution in [0.25, 0.3) is 0 Å². The van der Waals surface area contributed by atoms with Gasteiger partial charge in [0.15, 0.2) is 0 Å². The zero-order valence-corrected chi connectivity index (χ0v) is 11.8. The summed E-state index contributed by atoms with van der Waals surface area (Å²) >= 11 is 0. The Bertz CT molecular complexity index is 641. The molecule has 2 aromatic rings. The number of nitrogens with one attached hydrogen (secondary N) is 1. The molecule has 5 nitrogen and oxygen atoms in total. The monoisotopic (exact) mass is 271 g/mol. The van der Waals surface area contributed by atoms with E-state index in [2.05, 4.69) is 10.3 Å². The van der Waals surface area contributed by atoms with Gasteiger partial charge in [-0.1, -0.05) is 24.3 Å². The molecule has 1 N–H and O–H groups in total. The largest absolute Gasteiger partial charge is 0.358 e. The van der Waals surface area contributed by atoms with E-state index in [1.54, 1.807) is 13.1 Å². The summed E-state index contributed by atoms with van der Waals surface area (Å²) in [4.78, 5) is 14.8. The Morgan fingerprint density at radius 1 is 1.30 bits per heavy atom. The lowest BCUT2D eigenvalue weighted by Crippen LogP contribution is -2.11. The van der Waals surface area contributed by atoms with Crippen LogP contribution in [-0.4, -0.2) is 9.91 Å². The SMILES string of the molecule is Cc1cnc(NC(C)c2ccccc2C)c([N+](=O)[O-])c1. The van der Waals surface area contributed by atoms with Gasteiger partial charge in [0.25, 0.3) is 0 Å². The van der Waals surface area contributed by atoms with Gasteiger partial charge in [0.2, 0.25) is 5.82 Å². The van der Waals surface area contributed by atoms with Crippen LogP contribution in [0.4, 0.5) is 11.5 Å². The highest BCUT2D eigenvalue weighted by molar-refractivity contribution is 5.57. The summed E-state index contributed by atoms with van der Waals surface area (Å²) in [7, 11) is 0. The molecule has 104 valence electrons. The minimum Gasteiger partial charge on any atom is -0.358 e. The van der Waals surface area contributed by atoms with Crippen LogP contribution in [0.15, 0.2) is 36.5 Å². The number of nitrogens with zero attached hydrogens (tertiary/aromatic N) is 2. The molecule has 20 heavy (non-hydrogen) atoms. The van der Waals surface area contributed by atoms with Crippen LogP contribution in [0.5, 0.6) is 0 Å². The van der Waals surface area contributed by atoms with Crippen LogP contribution in [0.2, 0.25) is 0 Å². The van der Waals surface area contributed by atoms with Crippen molar-refractivity contribution >= 4 is 11.5 Å². The van der Waals surface area contributed by atoms with Gasteiger partial charge in [-0.2, -0.15) is 0 Å². The van der Waals surface area contributed by atoms with Gasteiger partial charge in [-0.05, 0) is 37.5 Å². The molecule has 0 radical (unpaired) electrons. The highest BCUT2D eigenvalue weighted by Gasteiger charge is 2.18. The first-order chi connectivity index (χ1) is 9.49. The first-order valence-corrected chi connectivity index (χ1v) is 6.42. The molecule has 0 fully saturated rings. The zero-order valence-electron chi connectivity index (χ0n) is 11.8. The zero-order chi connectivity index (χ0) is 14.7. The fourth-order valence-corrected chi connectivity index (χ4v) is 2.16. The average Bonchev–Trinajstić information content (AvgIpc) is 2.41. The van der Waals surface area contributed by atoms with Crippen molar-refractivity contribution in [2.24, 2.45) is 0 Å². The number of aromatic nitrogens is 1. The first-order valence-electron chi connectivity index (χ1n) is 6.42. The van der Waals surface area contributed by atoms with Crippen LogP contribution in [-0.2, 0) is 0 Å². The number of pyridine rings is 1. The van der Waals surface area contributed by atoms with Crippen LogP contribution < -0.4 is 5.32 Å². The molecule has 0 bridgehead atoms. The van der Waals surface area contributed by atoms with Crippen molar-refractivity contribution in [3.63, 3.8) is 0 Å². The quantitative estimate of drug-likeness (QED) is 0.678. The number of nitro groups is 1. The molecule has 5 heteroatoms. The Hall–Kier alpha value is -2.43. The molecule has 0 amide bonds. The molecular weight excluding hydrogens is 254 g/mol. The fourth-order valence-electron chi connectivity index (χ4n) is 2.16. The molecule has 1 unspecified atom stereocenters. The molecular formula is C15H17N3O2. The van der Waals surface area contributed by atoms with Gasteiger partial charge in [0.05, 0.1) is 11.0 Å². The number of aryl methyl sites for hydroxylation is 2. The van der Waals surface area contributed by atoms with Gasteiger partial charge in [-0.3, -0.25) is 10.1 Å². The third-order valence-electron chi connectivity index (χ3n) is 3.21. The maximum Gasteiger partial charge on any atom is 0.311 e. The third kappa shape index (κ3) is 2.93. The van der Waals surface area contributed by atoms with Gasteiger partial charge in [-0.15, -0.1) is 0 Å². The second kappa shape index (κ2) is 5.69. The lowest BCUT2D eigenvalue weighted by atomic mass is 10.0. The number of hydrogen-bond donors (Lipinski definition) is 1. The number of benzene rings is 1. The van der Waals surface area contributed by atoms with Crippen molar-refractivity contribution in [3.05, 3.63) is 63.3 Å². The molecule has 0 aliphatic heterocycles. The first kappa shape index (κ1) is 14.0. The Morgan fingerprint density at radius 3 is 2.65 bits per heavy atom. The highest BCUT2D eigenvalue weighted by Crippen LogP contribution is 2.27. The summed E-state index contributed by atoms with van der Waals surface area (Å²) in [6.45, 7) is 5.77. The van der Waals surface area contributed by atoms with Crippen LogP contribution in [0.3, 0.4) is 0 Å². The van der Waals surface area contributed by atoms with E-state index in [0.29, 0.717) is 5.82 Å². The van der Waals surface area contributed by atoms with Crippen molar-refractivity contribution in [2.45, 2.75) is 26.8 Å². The normalized spacial score (nSPS) is 11.9. The maximum absolute atomic E-state index is 11.1. The Labute approximate surface area is 117 Å². The van der Waals surface area contributed by atoms with Crippen molar-refractivity contribution in [3.8, 4) is 0 Å². The summed E-state index contributed by atoms with van der Waals surface area (Å²) in [6.07, 6.45) is 1.62. The van der Waals surface area contributed by atoms with E-state index >= 15 is 0 Å². The van der Waals surface area contributed by atoms with Crippen molar-refractivity contribution < 1.29 is 4.92 Å². The number of rotatable bonds is 4. The summed E-state index contributed by atoms with van der Waals surface area (Å²) in [5.41, 5.74) is 3.02. The predicted octanol–water partition coefficient (Wildman–Crippen LogP) is 3.78. The Balaban J connectivity index is 2.31. The van der Waals surface area contributed by atoms with Gasteiger partial charge < -0.3 is 5.32 Å². The lowest BCUT2D eigenvalue weighted by Gasteiger charge is -2.17. The van der Waals surface area contributed by atoms with Gasteiger partial charge in [0.1, 0.15) is 0 Å². The van der Waals surface area contributed by atoms with Crippen LogP contribution in [0.1, 0.15) is 29.7 Å².